The van der Waals surface area contributed by atoms with E-state index in [2.05, 4.69) is 28.0 Å². The number of rotatable bonds is 3. The van der Waals surface area contributed by atoms with Crippen LogP contribution in [0.2, 0.25) is 0 Å². The summed E-state index contributed by atoms with van der Waals surface area (Å²) in [6.07, 6.45) is 0. The van der Waals surface area contributed by atoms with Crippen molar-refractivity contribution >= 4 is 22.6 Å². The Morgan fingerprint density at radius 1 is 1.55 bits per heavy atom. The van der Waals surface area contributed by atoms with Crippen molar-refractivity contribution in [3.63, 3.8) is 0 Å². The van der Waals surface area contributed by atoms with E-state index in [0.29, 0.717) is 0 Å². The predicted molar refractivity (Wildman–Crippen MR) is 52.0 cm³/mol. The molecule has 0 aliphatic rings. The summed E-state index contributed by atoms with van der Waals surface area (Å²) in [6, 6.07) is 3.92. The zero-order chi connectivity index (χ0) is 8.27. The summed E-state index contributed by atoms with van der Waals surface area (Å²) in [5.74, 6) is 0.961. The van der Waals surface area contributed by atoms with Crippen LogP contribution < -0.4 is 5.43 Å². The van der Waals surface area contributed by atoms with Crippen LogP contribution in [0, 0.1) is 3.77 Å². The van der Waals surface area contributed by atoms with Gasteiger partial charge in [-0.2, -0.15) is 0 Å². The van der Waals surface area contributed by atoms with Crippen molar-refractivity contribution < 1.29 is 4.42 Å². The van der Waals surface area contributed by atoms with Crippen molar-refractivity contribution in [3.8, 4) is 0 Å². The topological polar surface area (TPSA) is 28.4 Å². The Kier molecular flexibility index (Phi) is 3.35. The Bertz CT molecular complexity index is 222. The van der Waals surface area contributed by atoms with Crippen LogP contribution >= 0.6 is 22.6 Å². The van der Waals surface area contributed by atoms with E-state index >= 15 is 0 Å². The van der Waals surface area contributed by atoms with Gasteiger partial charge in [-0.1, -0.05) is 0 Å². The van der Waals surface area contributed by atoms with E-state index in [1.165, 1.54) is 0 Å². The molecular weight excluding hydrogens is 255 g/mol. The first-order valence-electron chi connectivity index (χ1n) is 3.33. The molecule has 0 fully saturated rings. The maximum atomic E-state index is 5.33. The third-order valence-corrected chi connectivity index (χ3v) is 1.78. The molecule has 0 amide bonds. The monoisotopic (exact) mass is 266 g/mol. The molecule has 0 atom stereocenters. The SMILES string of the molecule is CN(C)NCc1ccc(I)o1. The van der Waals surface area contributed by atoms with E-state index in [4.69, 9.17) is 4.42 Å². The Balaban J connectivity index is 2.39. The van der Waals surface area contributed by atoms with Gasteiger partial charge in [0.25, 0.3) is 0 Å². The van der Waals surface area contributed by atoms with E-state index in [1.54, 1.807) is 0 Å². The zero-order valence-corrected chi connectivity index (χ0v) is 8.75. The molecule has 0 aliphatic carbocycles. The number of hydrazine groups is 1. The lowest BCUT2D eigenvalue weighted by atomic mass is 10.5. The quantitative estimate of drug-likeness (QED) is 0.663. The van der Waals surface area contributed by atoms with Crippen LogP contribution in [0.25, 0.3) is 0 Å². The van der Waals surface area contributed by atoms with Gasteiger partial charge in [0.15, 0.2) is 3.77 Å². The molecule has 0 saturated carbocycles. The Labute approximate surface area is 79.9 Å². The van der Waals surface area contributed by atoms with Crippen LogP contribution in [0.5, 0.6) is 0 Å². The van der Waals surface area contributed by atoms with Gasteiger partial charge in [-0.15, -0.1) is 0 Å². The van der Waals surface area contributed by atoms with E-state index in [0.717, 1.165) is 16.1 Å². The van der Waals surface area contributed by atoms with Crippen molar-refractivity contribution in [2.75, 3.05) is 14.1 Å². The first kappa shape index (κ1) is 9.02. The lowest BCUT2D eigenvalue weighted by molar-refractivity contribution is 0.270. The summed E-state index contributed by atoms with van der Waals surface area (Å²) in [7, 11) is 3.90. The molecule has 1 rings (SSSR count). The average Bonchev–Trinajstić information content (AvgIpc) is 2.31. The highest BCUT2D eigenvalue weighted by Crippen LogP contribution is 2.09. The molecule has 1 heterocycles. The van der Waals surface area contributed by atoms with Crippen molar-refractivity contribution in [2.24, 2.45) is 0 Å². The standard InChI is InChI=1S/C7H11IN2O/c1-10(2)9-5-6-3-4-7(8)11-6/h3-4,9H,5H2,1-2H3. The van der Waals surface area contributed by atoms with Crippen LogP contribution in [-0.4, -0.2) is 19.1 Å². The van der Waals surface area contributed by atoms with Crippen molar-refractivity contribution in [2.45, 2.75) is 6.54 Å². The molecule has 0 aromatic carbocycles. The predicted octanol–water partition coefficient (Wildman–Crippen LogP) is 1.45. The summed E-state index contributed by atoms with van der Waals surface area (Å²) in [5.41, 5.74) is 3.11. The van der Waals surface area contributed by atoms with E-state index in [9.17, 15) is 0 Å². The highest BCUT2D eigenvalue weighted by Gasteiger charge is 1.97. The third kappa shape index (κ3) is 3.22. The second kappa shape index (κ2) is 4.08. The fraction of sp³-hybridized carbons (Fsp3) is 0.429. The summed E-state index contributed by atoms with van der Waals surface area (Å²) >= 11 is 2.15. The average molecular weight is 266 g/mol. The Hall–Kier alpha value is -0.0700. The second-order valence-corrected chi connectivity index (χ2v) is 3.50. The summed E-state index contributed by atoms with van der Waals surface area (Å²) in [5, 5.41) is 1.90. The van der Waals surface area contributed by atoms with Crippen molar-refractivity contribution in [1.29, 1.82) is 0 Å². The maximum absolute atomic E-state index is 5.33. The van der Waals surface area contributed by atoms with Crippen LogP contribution in [-0.2, 0) is 6.54 Å². The minimum Gasteiger partial charge on any atom is -0.454 e. The fourth-order valence-electron chi connectivity index (χ4n) is 0.683. The molecular formula is C7H11IN2O. The minimum atomic E-state index is 0.746. The molecule has 1 aromatic rings. The van der Waals surface area contributed by atoms with E-state index in [1.807, 2.05) is 31.2 Å². The van der Waals surface area contributed by atoms with Crippen LogP contribution in [0.3, 0.4) is 0 Å². The number of hydrogen-bond acceptors (Lipinski definition) is 3. The van der Waals surface area contributed by atoms with Crippen molar-refractivity contribution in [1.82, 2.24) is 10.4 Å². The van der Waals surface area contributed by atoms with Gasteiger partial charge >= 0.3 is 0 Å². The summed E-state index contributed by atoms with van der Waals surface area (Å²) < 4.78 is 6.26. The van der Waals surface area contributed by atoms with Crippen LogP contribution in [0.1, 0.15) is 5.76 Å². The van der Waals surface area contributed by atoms with Crippen LogP contribution in [0.4, 0.5) is 0 Å². The van der Waals surface area contributed by atoms with Gasteiger partial charge in [0.2, 0.25) is 0 Å². The molecule has 62 valence electrons. The number of nitrogens with zero attached hydrogens (tertiary/aromatic N) is 1. The zero-order valence-electron chi connectivity index (χ0n) is 6.60. The molecule has 0 bridgehead atoms. The van der Waals surface area contributed by atoms with Gasteiger partial charge < -0.3 is 4.42 Å². The molecule has 0 unspecified atom stereocenters. The minimum absolute atomic E-state index is 0.746. The fourth-order valence-corrected chi connectivity index (χ4v) is 1.15. The number of hydrogen-bond donors (Lipinski definition) is 1. The van der Waals surface area contributed by atoms with Crippen molar-refractivity contribution in [3.05, 3.63) is 21.7 Å². The van der Waals surface area contributed by atoms with Gasteiger partial charge in [-0.05, 0) is 34.7 Å². The number of furan rings is 1. The van der Waals surface area contributed by atoms with Gasteiger partial charge in [0.05, 0.1) is 6.54 Å². The van der Waals surface area contributed by atoms with Gasteiger partial charge in [-0.3, -0.25) is 5.01 Å². The maximum Gasteiger partial charge on any atom is 0.164 e. The highest BCUT2D eigenvalue weighted by molar-refractivity contribution is 14.1. The Morgan fingerprint density at radius 2 is 2.27 bits per heavy atom. The largest absolute Gasteiger partial charge is 0.454 e. The lowest BCUT2D eigenvalue weighted by Crippen LogP contribution is -2.29. The molecule has 0 spiro atoms. The molecule has 1 N–H and O–H groups in total. The molecule has 11 heavy (non-hydrogen) atoms. The molecule has 0 radical (unpaired) electrons. The van der Waals surface area contributed by atoms with Gasteiger partial charge in [0, 0.05) is 14.1 Å². The molecule has 4 heteroatoms. The van der Waals surface area contributed by atoms with Crippen LogP contribution in [0.15, 0.2) is 16.5 Å². The molecule has 0 saturated heterocycles. The summed E-state index contributed by atoms with van der Waals surface area (Å²) in [6.45, 7) is 0.746. The Morgan fingerprint density at radius 3 is 2.73 bits per heavy atom. The van der Waals surface area contributed by atoms with Gasteiger partial charge in [0.1, 0.15) is 5.76 Å². The summed E-state index contributed by atoms with van der Waals surface area (Å²) in [4.78, 5) is 0. The lowest BCUT2D eigenvalue weighted by Gasteiger charge is -2.09. The molecule has 3 nitrogen and oxygen atoms in total. The van der Waals surface area contributed by atoms with E-state index < -0.39 is 0 Å². The normalized spacial score (nSPS) is 10.9. The number of nitrogens with one attached hydrogen (secondary N) is 1. The molecule has 1 aromatic heterocycles. The van der Waals surface area contributed by atoms with E-state index in [-0.39, 0.29) is 0 Å². The highest BCUT2D eigenvalue weighted by atomic mass is 127. The van der Waals surface area contributed by atoms with Gasteiger partial charge in [-0.25, -0.2) is 5.43 Å². The molecule has 0 aliphatic heterocycles. The smallest absolute Gasteiger partial charge is 0.164 e. The first-order valence-corrected chi connectivity index (χ1v) is 4.41. The first-order chi connectivity index (χ1) is 5.18. The second-order valence-electron chi connectivity index (χ2n) is 2.44. The number of halogens is 1. The third-order valence-electron chi connectivity index (χ3n) is 1.20.